The van der Waals surface area contributed by atoms with Crippen molar-refractivity contribution in [3.05, 3.63) is 69.8 Å². The maximum absolute atomic E-state index is 13.1. The summed E-state index contributed by atoms with van der Waals surface area (Å²) < 4.78 is 16.9. The Bertz CT molecular complexity index is 849. The van der Waals surface area contributed by atoms with Gasteiger partial charge >= 0.3 is 0 Å². The van der Waals surface area contributed by atoms with Crippen LogP contribution in [0.5, 0.6) is 0 Å². The van der Waals surface area contributed by atoms with Gasteiger partial charge in [0.05, 0.1) is 6.04 Å². The van der Waals surface area contributed by atoms with Gasteiger partial charge in [-0.3, -0.25) is 4.79 Å². The van der Waals surface area contributed by atoms with E-state index in [1.54, 1.807) is 24.3 Å². The largest absolute Gasteiger partial charge is 0.345 e. The average molecular weight is 362 g/mol. The molecule has 0 aliphatic heterocycles. The number of nitrogens with zero attached hydrogens (tertiary/aromatic N) is 2. The molecule has 3 rings (SSSR count). The maximum Gasteiger partial charge on any atom is 0.265 e. The quantitative estimate of drug-likeness (QED) is 0.745. The van der Waals surface area contributed by atoms with Crippen molar-refractivity contribution in [1.82, 2.24) is 14.9 Å². The van der Waals surface area contributed by atoms with Gasteiger partial charge in [0, 0.05) is 10.6 Å². The summed E-state index contributed by atoms with van der Waals surface area (Å²) in [6.07, 6.45) is 0. The SMILES string of the molecule is C[C@@H](NC(=O)c1snnc1-c1ccc(F)cc1)c1ccc(Cl)cc1. The fraction of sp³-hybridized carbons (Fsp3) is 0.118. The summed E-state index contributed by atoms with van der Waals surface area (Å²) in [6.45, 7) is 1.88. The van der Waals surface area contributed by atoms with Crippen LogP contribution >= 0.6 is 23.1 Å². The molecule has 0 aliphatic carbocycles. The molecule has 0 fully saturated rings. The molecule has 1 heterocycles. The van der Waals surface area contributed by atoms with Crippen molar-refractivity contribution in [2.24, 2.45) is 0 Å². The van der Waals surface area contributed by atoms with Crippen LogP contribution in [0.25, 0.3) is 11.3 Å². The molecule has 24 heavy (non-hydrogen) atoms. The number of rotatable bonds is 4. The van der Waals surface area contributed by atoms with E-state index in [9.17, 15) is 9.18 Å². The fourth-order valence-corrected chi connectivity index (χ4v) is 2.95. The zero-order valence-corrected chi connectivity index (χ0v) is 14.2. The van der Waals surface area contributed by atoms with Gasteiger partial charge in [-0.1, -0.05) is 28.2 Å². The zero-order valence-electron chi connectivity index (χ0n) is 12.7. The van der Waals surface area contributed by atoms with Crippen LogP contribution in [0.15, 0.2) is 48.5 Å². The second-order valence-corrected chi connectivity index (χ2v) is 6.39. The lowest BCUT2D eigenvalue weighted by molar-refractivity contribution is 0.0944. The number of halogens is 2. The van der Waals surface area contributed by atoms with Crippen molar-refractivity contribution in [3.8, 4) is 11.3 Å². The number of aromatic nitrogens is 2. The van der Waals surface area contributed by atoms with Gasteiger partial charge in [-0.15, -0.1) is 5.10 Å². The molecule has 0 unspecified atom stereocenters. The third-order valence-electron chi connectivity index (χ3n) is 3.53. The van der Waals surface area contributed by atoms with E-state index in [1.807, 2.05) is 19.1 Å². The normalized spacial score (nSPS) is 12.0. The van der Waals surface area contributed by atoms with E-state index in [0.29, 0.717) is 21.2 Å². The molecule has 0 radical (unpaired) electrons. The summed E-state index contributed by atoms with van der Waals surface area (Å²) in [5, 5.41) is 7.55. The number of hydrogen-bond donors (Lipinski definition) is 1. The van der Waals surface area contributed by atoms with Crippen LogP contribution < -0.4 is 5.32 Å². The second-order valence-electron chi connectivity index (χ2n) is 5.20. The molecule has 1 amide bonds. The minimum Gasteiger partial charge on any atom is -0.345 e. The monoisotopic (exact) mass is 361 g/mol. The molecule has 0 aliphatic rings. The summed E-state index contributed by atoms with van der Waals surface area (Å²) in [7, 11) is 0. The van der Waals surface area contributed by atoms with E-state index in [1.165, 1.54) is 12.1 Å². The lowest BCUT2D eigenvalue weighted by Crippen LogP contribution is -2.26. The van der Waals surface area contributed by atoms with Crippen LogP contribution in [-0.4, -0.2) is 15.5 Å². The van der Waals surface area contributed by atoms with Crippen molar-refractivity contribution >= 4 is 29.0 Å². The standard InChI is InChI=1S/C17H13ClFN3OS/c1-10(11-2-6-13(18)7-3-11)20-17(23)16-15(21-22-24-16)12-4-8-14(19)9-5-12/h2-10H,1H3,(H,20,23)/t10-/m1/s1. The molecular weight excluding hydrogens is 349 g/mol. The van der Waals surface area contributed by atoms with Crippen LogP contribution in [0.1, 0.15) is 28.2 Å². The Hall–Kier alpha value is -2.31. The predicted molar refractivity (Wildman–Crippen MR) is 92.6 cm³/mol. The third kappa shape index (κ3) is 3.60. The predicted octanol–water partition coefficient (Wildman–Crippen LogP) is 4.49. The molecule has 0 saturated heterocycles. The first kappa shape index (κ1) is 16.5. The van der Waals surface area contributed by atoms with Crippen LogP contribution in [0.4, 0.5) is 4.39 Å². The van der Waals surface area contributed by atoms with E-state index >= 15 is 0 Å². The van der Waals surface area contributed by atoms with Crippen molar-refractivity contribution < 1.29 is 9.18 Å². The minimum absolute atomic E-state index is 0.196. The zero-order chi connectivity index (χ0) is 17.1. The van der Waals surface area contributed by atoms with Gasteiger partial charge in [-0.05, 0) is 60.4 Å². The number of carbonyl (C=O) groups is 1. The first-order chi connectivity index (χ1) is 11.5. The summed E-state index contributed by atoms with van der Waals surface area (Å²) in [6, 6.07) is 12.9. The molecule has 1 N–H and O–H groups in total. The minimum atomic E-state index is -0.343. The van der Waals surface area contributed by atoms with Crippen molar-refractivity contribution in [3.63, 3.8) is 0 Å². The van der Waals surface area contributed by atoms with Crippen molar-refractivity contribution in [2.45, 2.75) is 13.0 Å². The topological polar surface area (TPSA) is 54.9 Å². The highest BCUT2D eigenvalue weighted by molar-refractivity contribution is 7.08. The molecular formula is C17H13ClFN3OS. The van der Waals surface area contributed by atoms with Crippen LogP contribution in [-0.2, 0) is 0 Å². The molecule has 4 nitrogen and oxygen atoms in total. The van der Waals surface area contributed by atoms with E-state index in [0.717, 1.165) is 17.1 Å². The van der Waals surface area contributed by atoms with E-state index in [-0.39, 0.29) is 17.8 Å². The van der Waals surface area contributed by atoms with Gasteiger partial charge in [0.25, 0.3) is 5.91 Å². The fourth-order valence-electron chi connectivity index (χ4n) is 2.23. The molecule has 0 spiro atoms. The Balaban J connectivity index is 1.80. The highest BCUT2D eigenvalue weighted by Gasteiger charge is 2.20. The summed E-state index contributed by atoms with van der Waals surface area (Å²) >= 11 is 6.88. The van der Waals surface area contributed by atoms with Crippen molar-refractivity contribution in [2.75, 3.05) is 0 Å². The van der Waals surface area contributed by atoms with Gasteiger partial charge < -0.3 is 5.32 Å². The molecule has 122 valence electrons. The highest BCUT2D eigenvalue weighted by atomic mass is 35.5. The summed E-state index contributed by atoms with van der Waals surface area (Å²) in [4.78, 5) is 12.9. The first-order valence-corrected chi connectivity index (χ1v) is 8.34. The summed E-state index contributed by atoms with van der Waals surface area (Å²) in [5.41, 5.74) is 2.03. The smallest absolute Gasteiger partial charge is 0.265 e. The van der Waals surface area contributed by atoms with E-state index < -0.39 is 0 Å². The molecule has 1 aromatic heterocycles. The number of carbonyl (C=O) groups excluding carboxylic acids is 1. The van der Waals surface area contributed by atoms with E-state index in [4.69, 9.17) is 11.6 Å². The van der Waals surface area contributed by atoms with Gasteiger partial charge in [0.2, 0.25) is 0 Å². The lowest BCUT2D eigenvalue weighted by atomic mass is 10.1. The molecule has 1 atom stereocenters. The van der Waals surface area contributed by atoms with E-state index in [2.05, 4.69) is 14.9 Å². The lowest BCUT2D eigenvalue weighted by Gasteiger charge is -2.14. The highest BCUT2D eigenvalue weighted by Crippen LogP contribution is 2.25. The number of nitrogens with one attached hydrogen (secondary N) is 1. The van der Waals surface area contributed by atoms with Crippen molar-refractivity contribution in [1.29, 1.82) is 0 Å². The van der Waals surface area contributed by atoms with Gasteiger partial charge in [-0.25, -0.2) is 4.39 Å². The Kier molecular flexibility index (Phi) is 4.87. The molecule has 7 heteroatoms. The number of hydrogen-bond acceptors (Lipinski definition) is 4. The number of amides is 1. The van der Waals surface area contributed by atoms with Crippen LogP contribution in [0.2, 0.25) is 5.02 Å². The van der Waals surface area contributed by atoms with Crippen LogP contribution in [0.3, 0.4) is 0 Å². The maximum atomic E-state index is 13.1. The second kappa shape index (κ2) is 7.07. The molecule has 0 saturated carbocycles. The summed E-state index contributed by atoms with van der Waals surface area (Å²) in [5.74, 6) is -0.615. The molecule has 3 aromatic rings. The third-order valence-corrected chi connectivity index (χ3v) is 4.51. The Morgan fingerprint density at radius 1 is 1.17 bits per heavy atom. The van der Waals surface area contributed by atoms with Gasteiger partial charge in [0.15, 0.2) is 0 Å². The Morgan fingerprint density at radius 3 is 2.50 bits per heavy atom. The number of benzene rings is 2. The van der Waals surface area contributed by atoms with Gasteiger partial charge in [-0.2, -0.15) is 0 Å². The Morgan fingerprint density at radius 2 is 1.83 bits per heavy atom. The van der Waals surface area contributed by atoms with Gasteiger partial charge in [0.1, 0.15) is 16.4 Å². The first-order valence-electron chi connectivity index (χ1n) is 7.19. The average Bonchev–Trinajstić information content (AvgIpc) is 3.06. The molecule has 2 aromatic carbocycles. The Labute approximate surface area is 147 Å². The van der Waals surface area contributed by atoms with Crippen LogP contribution in [0, 0.1) is 5.82 Å². The molecule has 0 bridgehead atoms.